The Morgan fingerprint density at radius 1 is 0.930 bits per heavy atom. The van der Waals surface area contributed by atoms with E-state index in [0.717, 1.165) is 11.0 Å². The van der Waals surface area contributed by atoms with Crippen molar-refractivity contribution < 1.29 is 31.2 Å². The van der Waals surface area contributed by atoms with Crippen molar-refractivity contribution in [1.82, 2.24) is 10.2 Å². The maximum absolute atomic E-state index is 14.1. The zero-order valence-electron chi connectivity index (χ0n) is 23.2. The molecule has 0 radical (unpaired) electrons. The summed E-state index contributed by atoms with van der Waals surface area (Å²) in [6.45, 7) is 2.65. The molecule has 7 nitrogen and oxygen atoms in total. The second kappa shape index (κ2) is 14.7. The van der Waals surface area contributed by atoms with E-state index < -0.39 is 51.9 Å². The van der Waals surface area contributed by atoms with Crippen molar-refractivity contribution in [3.8, 4) is 0 Å². The van der Waals surface area contributed by atoms with Crippen LogP contribution in [0.2, 0.25) is 15.1 Å². The zero-order chi connectivity index (χ0) is 31.9. The van der Waals surface area contributed by atoms with Crippen molar-refractivity contribution in [1.29, 1.82) is 0 Å². The summed E-state index contributed by atoms with van der Waals surface area (Å²) in [4.78, 5) is 28.1. The van der Waals surface area contributed by atoms with Crippen LogP contribution >= 0.6 is 34.8 Å². The Bertz CT molecular complexity index is 1560. The number of anilines is 1. The quantitative estimate of drug-likeness (QED) is 0.220. The third kappa shape index (κ3) is 8.56. The monoisotopic (exact) mass is 677 g/mol. The van der Waals surface area contributed by atoms with E-state index in [1.54, 1.807) is 19.1 Å². The summed E-state index contributed by atoms with van der Waals surface area (Å²) < 4.78 is 69.3. The number of benzene rings is 3. The minimum absolute atomic E-state index is 0.141. The van der Waals surface area contributed by atoms with Gasteiger partial charge in [0.05, 0.1) is 21.2 Å². The van der Waals surface area contributed by atoms with Crippen molar-refractivity contribution in [3.63, 3.8) is 0 Å². The first kappa shape index (κ1) is 34.5. The summed E-state index contributed by atoms with van der Waals surface area (Å²) in [6, 6.07) is 12.6. The molecule has 3 aromatic rings. The van der Waals surface area contributed by atoms with Gasteiger partial charge < -0.3 is 10.2 Å². The van der Waals surface area contributed by atoms with E-state index in [2.05, 4.69) is 5.32 Å². The summed E-state index contributed by atoms with van der Waals surface area (Å²) in [5, 5.41) is 2.93. The third-order valence-electron chi connectivity index (χ3n) is 6.44. The van der Waals surface area contributed by atoms with Crippen molar-refractivity contribution >= 4 is 62.3 Å². The summed E-state index contributed by atoms with van der Waals surface area (Å²) in [6.07, 6.45) is -4.06. The van der Waals surface area contributed by atoms with Crippen molar-refractivity contribution in [2.75, 3.05) is 17.4 Å². The van der Waals surface area contributed by atoms with Gasteiger partial charge in [0.25, 0.3) is 10.0 Å². The molecule has 0 aliphatic heterocycles. The van der Waals surface area contributed by atoms with Crippen LogP contribution in [0.3, 0.4) is 0 Å². The summed E-state index contributed by atoms with van der Waals surface area (Å²) in [7, 11) is -4.63. The fraction of sp³-hybridized carbons (Fsp3) is 0.310. The summed E-state index contributed by atoms with van der Waals surface area (Å²) in [5.41, 5.74) is -1.31. The van der Waals surface area contributed by atoms with Crippen LogP contribution < -0.4 is 9.62 Å². The number of amides is 2. The van der Waals surface area contributed by atoms with Gasteiger partial charge in [-0.3, -0.25) is 13.9 Å². The maximum Gasteiger partial charge on any atom is 0.416 e. The summed E-state index contributed by atoms with van der Waals surface area (Å²) in [5.74, 6) is -1.37. The third-order valence-corrected chi connectivity index (χ3v) is 9.12. The van der Waals surface area contributed by atoms with Crippen LogP contribution in [0.15, 0.2) is 71.6 Å². The number of sulfonamides is 1. The van der Waals surface area contributed by atoms with Gasteiger partial charge in [0, 0.05) is 23.1 Å². The molecule has 2 amide bonds. The lowest BCUT2D eigenvalue weighted by Gasteiger charge is -2.33. The first-order valence-corrected chi connectivity index (χ1v) is 15.7. The van der Waals surface area contributed by atoms with E-state index in [4.69, 9.17) is 34.8 Å². The highest BCUT2D eigenvalue weighted by atomic mass is 35.5. The highest BCUT2D eigenvalue weighted by Gasteiger charge is 2.37. The number of hydrogen-bond acceptors (Lipinski definition) is 4. The van der Waals surface area contributed by atoms with E-state index >= 15 is 0 Å². The molecule has 0 aliphatic carbocycles. The van der Waals surface area contributed by atoms with E-state index in [9.17, 15) is 31.2 Å². The zero-order valence-corrected chi connectivity index (χ0v) is 26.3. The lowest BCUT2D eigenvalue weighted by atomic mass is 10.1. The molecular weight excluding hydrogens is 650 g/mol. The Morgan fingerprint density at radius 2 is 1.60 bits per heavy atom. The predicted molar refractivity (Wildman–Crippen MR) is 162 cm³/mol. The Morgan fingerprint density at radius 3 is 2.19 bits per heavy atom. The van der Waals surface area contributed by atoms with Gasteiger partial charge in [0.1, 0.15) is 12.6 Å². The molecule has 232 valence electrons. The predicted octanol–water partition coefficient (Wildman–Crippen LogP) is 7.19. The number of nitrogens with zero attached hydrogens (tertiary/aromatic N) is 2. The van der Waals surface area contributed by atoms with E-state index in [1.807, 2.05) is 6.92 Å². The van der Waals surface area contributed by atoms with Crippen molar-refractivity contribution in [3.05, 3.63) is 92.9 Å². The smallest absolute Gasteiger partial charge is 0.354 e. The molecule has 0 saturated carbocycles. The number of halogens is 6. The maximum atomic E-state index is 14.1. The molecule has 0 saturated heterocycles. The molecule has 0 aromatic heterocycles. The van der Waals surface area contributed by atoms with Gasteiger partial charge in [-0.25, -0.2) is 8.42 Å². The first-order chi connectivity index (χ1) is 20.2. The van der Waals surface area contributed by atoms with Crippen LogP contribution in [-0.4, -0.2) is 44.3 Å². The van der Waals surface area contributed by atoms with E-state index in [1.165, 1.54) is 36.4 Å². The molecule has 1 atom stereocenters. The average molecular weight is 679 g/mol. The molecule has 1 N–H and O–H groups in total. The van der Waals surface area contributed by atoms with Crippen LogP contribution in [0.1, 0.15) is 37.8 Å². The average Bonchev–Trinajstić information content (AvgIpc) is 2.95. The van der Waals surface area contributed by atoms with Gasteiger partial charge in [0.2, 0.25) is 11.8 Å². The number of nitrogens with one attached hydrogen (secondary N) is 1. The van der Waals surface area contributed by atoms with Crippen LogP contribution in [0, 0.1) is 0 Å². The fourth-order valence-electron chi connectivity index (χ4n) is 4.23. The fourth-order valence-corrected chi connectivity index (χ4v) is 6.42. The van der Waals surface area contributed by atoms with Gasteiger partial charge in [-0.05, 0) is 60.9 Å². The molecule has 1 unspecified atom stereocenters. The molecule has 14 heteroatoms. The van der Waals surface area contributed by atoms with Crippen LogP contribution in [-0.2, 0) is 32.3 Å². The number of hydrogen-bond donors (Lipinski definition) is 1. The Hall–Kier alpha value is -2.99. The first-order valence-electron chi connectivity index (χ1n) is 13.2. The molecule has 43 heavy (non-hydrogen) atoms. The lowest BCUT2D eigenvalue weighted by Crippen LogP contribution is -2.52. The minimum Gasteiger partial charge on any atom is -0.354 e. The number of carbonyl (C=O) groups excluding carboxylic acids is 2. The summed E-state index contributed by atoms with van der Waals surface area (Å²) >= 11 is 18.7. The number of rotatable bonds is 12. The molecule has 0 fully saturated rings. The molecule has 3 aromatic carbocycles. The Balaban J connectivity index is 2.16. The SMILES string of the molecule is CCCNC(=O)C(CC)N(Cc1ccc(Cl)cc1Cl)C(=O)CN(c1cc(C(F)(F)F)ccc1Cl)S(=O)(=O)c1ccccc1. The van der Waals surface area contributed by atoms with Crippen LogP contribution in [0.25, 0.3) is 0 Å². The molecule has 0 aliphatic rings. The molecular formula is C29H29Cl3F3N3O4S. The molecule has 3 rings (SSSR count). The highest BCUT2D eigenvalue weighted by molar-refractivity contribution is 7.92. The van der Waals surface area contributed by atoms with Crippen LogP contribution in [0.5, 0.6) is 0 Å². The Kier molecular flexibility index (Phi) is 11.8. The van der Waals surface area contributed by atoms with Crippen LogP contribution in [0.4, 0.5) is 18.9 Å². The molecule has 0 bridgehead atoms. The van der Waals surface area contributed by atoms with Crippen molar-refractivity contribution in [2.24, 2.45) is 0 Å². The number of carbonyl (C=O) groups is 2. The highest BCUT2D eigenvalue weighted by Crippen LogP contribution is 2.37. The second-order valence-electron chi connectivity index (χ2n) is 9.46. The molecule has 0 spiro atoms. The topological polar surface area (TPSA) is 86.8 Å². The van der Waals surface area contributed by atoms with Crippen molar-refractivity contribution in [2.45, 2.75) is 50.3 Å². The van der Waals surface area contributed by atoms with Gasteiger partial charge in [-0.2, -0.15) is 13.2 Å². The van der Waals surface area contributed by atoms with Gasteiger partial charge in [0.15, 0.2) is 0 Å². The second-order valence-corrected chi connectivity index (χ2v) is 12.6. The van der Waals surface area contributed by atoms with E-state index in [-0.39, 0.29) is 27.9 Å². The largest absolute Gasteiger partial charge is 0.416 e. The van der Waals surface area contributed by atoms with Gasteiger partial charge in [-0.15, -0.1) is 0 Å². The Labute approximate surface area is 263 Å². The lowest BCUT2D eigenvalue weighted by molar-refractivity contribution is -0.140. The standard InChI is InChI=1S/C29H29Cl3F3N3O4S/c1-3-14-36-28(40)25(4-2)37(17-19-10-12-21(30)16-24(19)32)27(39)18-38(43(41,42)22-8-6-5-7-9-22)26-15-20(29(33,34)35)11-13-23(26)31/h5-13,15-16,25H,3-4,14,17-18H2,1-2H3,(H,36,40). The normalized spacial score (nSPS) is 12.5. The number of alkyl halides is 3. The minimum atomic E-state index is -4.83. The van der Waals surface area contributed by atoms with E-state index in [0.29, 0.717) is 40.0 Å². The molecule has 0 heterocycles. The van der Waals surface area contributed by atoms with Gasteiger partial charge >= 0.3 is 6.18 Å². The van der Waals surface area contributed by atoms with Gasteiger partial charge in [-0.1, -0.05) is 72.9 Å².